The molecule has 7 nitrogen and oxygen atoms in total. The fourth-order valence-electron chi connectivity index (χ4n) is 3.20. The third-order valence-corrected chi connectivity index (χ3v) is 4.68. The minimum Gasteiger partial charge on any atom is -0.504 e. The van der Waals surface area contributed by atoms with Crippen LogP contribution in [0.25, 0.3) is 22.3 Å². The molecule has 0 radical (unpaired) electrons. The Bertz CT molecular complexity index is 1050. The van der Waals surface area contributed by atoms with Gasteiger partial charge in [0.05, 0.1) is 18.6 Å². The molecule has 0 amide bonds. The van der Waals surface area contributed by atoms with E-state index in [1.54, 1.807) is 12.1 Å². The molecule has 1 saturated heterocycles. The number of morpholine rings is 1. The van der Waals surface area contributed by atoms with E-state index in [-0.39, 0.29) is 22.6 Å². The first-order chi connectivity index (χ1) is 13.0. The average molecular weight is 369 g/mol. The highest BCUT2D eigenvalue weighted by molar-refractivity contribution is 5.82. The summed E-state index contributed by atoms with van der Waals surface area (Å²) in [5.74, 6) is -1.25. The monoisotopic (exact) mass is 369 g/mol. The van der Waals surface area contributed by atoms with Crippen LogP contribution in [-0.2, 0) is 11.3 Å². The van der Waals surface area contributed by atoms with Gasteiger partial charge in [-0.1, -0.05) is 6.07 Å². The Labute approximate surface area is 154 Å². The zero-order valence-corrected chi connectivity index (χ0v) is 14.5. The summed E-state index contributed by atoms with van der Waals surface area (Å²) in [7, 11) is 0. The smallest absolute Gasteiger partial charge is 0.235 e. The molecule has 1 aliphatic heterocycles. The van der Waals surface area contributed by atoms with Crippen LogP contribution in [0.5, 0.6) is 17.2 Å². The number of phenolic OH excluding ortho intramolecular Hbond substituents is 2. The van der Waals surface area contributed by atoms with Crippen LogP contribution in [0.15, 0.2) is 45.6 Å². The van der Waals surface area contributed by atoms with E-state index in [0.717, 1.165) is 18.7 Å². The molecule has 140 valence electrons. The minimum absolute atomic E-state index is 0.0497. The Balaban J connectivity index is 1.77. The number of hydrogen-bond donors (Lipinski definition) is 3. The summed E-state index contributed by atoms with van der Waals surface area (Å²) in [6, 6.07) is 9.24. The Kier molecular flexibility index (Phi) is 4.47. The highest BCUT2D eigenvalue weighted by atomic mass is 16.5. The molecule has 0 saturated carbocycles. The summed E-state index contributed by atoms with van der Waals surface area (Å²) in [6.45, 7) is 3.79. The van der Waals surface area contributed by atoms with Crippen LogP contribution in [0.1, 0.15) is 5.56 Å². The summed E-state index contributed by atoms with van der Waals surface area (Å²) < 4.78 is 11.1. The second kappa shape index (κ2) is 6.94. The van der Waals surface area contributed by atoms with Crippen molar-refractivity contribution < 1.29 is 24.5 Å². The molecule has 1 aromatic heterocycles. The Hall–Kier alpha value is -3.03. The van der Waals surface area contributed by atoms with Gasteiger partial charge in [0.2, 0.25) is 11.2 Å². The molecule has 0 unspecified atom stereocenters. The maximum absolute atomic E-state index is 12.5. The quantitative estimate of drug-likeness (QED) is 0.609. The minimum atomic E-state index is -0.545. The number of nitrogens with zero attached hydrogens (tertiary/aromatic N) is 1. The summed E-state index contributed by atoms with van der Waals surface area (Å²) >= 11 is 0. The van der Waals surface area contributed by atoms with E-state index in [0.29, 0.717) is 30.9 Å². The van der Waals surface area contributed by atoms with Gasteiger partial charge in [0, 0.05) is 25.2 Å². The van der Waals surface area contributed by atoms with Gasteiger partial charge >= 0.3 is 0 Å². The molecule has 0 bridgehead atoms. The molecule has 2 aromatic carbocycles. The van der Waals surface area contributed by atoms with Crippen molar-refractivity contribution in [3.63, 3.8) is 0 Å². The number of ether oxygens (including phenoxy) is 1. The van der Waals surface area contributed by atoms with Crippen molar-refractivity contribution in [3.8, 4) is 28.6 Å². The SMILES string of the molecule is O=c1c(O)c(-c2ccc(O)c(O)c2)oc2cc(CN3CCOCC3)ccc12. The summed E-state index contributed by atoms with van der Waals surface area (Å²) in [5.41, 5.74) is 1.08. The normalized spacial score (nSPS) is 15.3. The van der Waals surface area contributed by atoms with Crippen molar-refractivity contribution in [2.24, 2.45) is 0 Å². The second-order valence-electron chi connectivity index (χ2n) is 6.53. The third-order valence-electron chi connectivity index (χ3n) is 4.68. The Morgan fingerprint density at radius 3 is 2.48 bits per heavy atom. The predicted octanol–water partition coefficient (Wildman–Crippen LogP) is 2.41. The summed E-state index contributed by atoms with van der Waals surface area (Å²) in [4.78, 5) is 14.8. The molecular weight excluding hydrogens is 350 g/mol. The van der Waals surface area contributed by atoms with Gasteiger partial charge in [-0.15, -0.1) is 0 Å². The van der Waals surface area contributed by atoms with E-state index in [1.165, 1.54) is 18.2 Å². The topological polar surface area (TPSA) is 103 Å². The van der Waals surface area contributed by atoms with Crippen molar-refractivity contribution in [2.75, 3.05) is 26.3 Å². The fraction of sp³-hybridized carbons (Fsp3) is 0.250. The van der Waals surface area contributed by atoms with Crippen LogP contribution in [0, 0.1) is 0 Å². The first-order valence-corrected chi connectivity index (χ1v) is 8.64. The molecular formula is C20H19NO6. The van der Waals surface area contributed by atoms with Gasteiger partial charge in [0.25, 0.3) is 0 Å². The molecule has 0 aliphatic carbocycles. The van der Waals surface area contributed by atoms with E-state index >= 15 is 0 Å². The first kappa shape index (κ1) is 17.4. The van der Waals surface area contributed by atoms with Crippen molar-refractivity contribution in [1.29, 1.82) is 0 Å². The molecule has 0 spiro atoms. The Morgan fingerprint density at radius 2 is 1.74 bits per heavy atom. The van der Waals surface area contributed by atoms with Gasteiger partial charge in [-0.05, 0) is 35.9 Å². The lowest BCUT2D eigenvalue weighted by Crippen LogP contribution is -2.35. The molecule has 3 aromatic rings. The van der Waals surface area contributed by atoms with Gasteiger partial charge < -0.3 is 24.5 Å². The van der Waals surface area contributed by atoms with E-state index in [4.69, 9.17) is 9.15 Å². The highest BCUT2D eigenvalue weighted by Crippen LogP contribution is 2.35. The lowest BCUT2D eigenvalue weighted by atomic mass is 10.1. The predicted molar refractivity (Wildman–Crippen MR) is 99.0 cm³/mol. The van der Waals surface area contributed by atoms with Gasteiger partial charge in [-0.25, -0.2) is 0 Å². The zero-order valence-electron chi connectivity index (χ0n) is 14.5. The molecule has 1 fully saturated rings. The average Bonchev–Trinajstić information content (AvgIpc) is 2.68. The van der Waals surface area contributed by atoms with Crippen LogP contribution in [-0.4, -0.2) is 46.5 Å². The number of phenols is 2. The number of rotatable bonds is 3. The van der Waals surface area contributed by atoms with E-state index in [1.807, 2.05) is 6.07 Å². The maximum Gasteiger partial charge on any atom is 0.235 e. The van der Waals surface area contributed by atoms with Gasteiger partial charge in [0.15, 0.2) is 17.3 Å². The Morgan fingerprint density at radius 1 is 0.963 bits per heavy atom. The lowest BCUT2D eigenvalue weighted by molar-refractivity contribution is 0.0342. The lowest BCUT2D eigenvalue weighted by Gasteiger charge is -2.26. The van der Waals surface area contributed by atoms with Crippen molar-refractivity contribution >= 4 is 11.0 Å². The fourth-order valence-corrected chi connectivity index (χ4v) is 3.20. The van der Waals surface area contributed by atoms with Gasteiger partial charge in [-0.2, -0.15) is 0 Å². The molecule has 0 atom stereocenters. The molecule has 1 aliphatic rings. The second-order valence-corrected chi connectivity index (χ2v) is 6.53. The highest BCUT2D eigenvalue weighted by Gasteiger charge is 2.18. The number of aromatic hydroxyl groups is 3. The van der Waals surface area contributed by atoms with Crippen LogP contribution in [0.4, 0.5) is 0 Å². The third kappa shape index (κ3) is 3.34. The largest absolute Gasteiger partial charge is 0.504 e. The molecule has 2 heterocycles. The standard InChI is InChI=1S/C20H19NO6/c22-15-4-2-13(10-16(15)23)20-19(25)18(24)14-3-1-12(9-17(14)27-20)11-21-5-7-26-8-6-21/h1-4,9-10,22-23,25H,5-8,11H2. The van der Waals surface area contributed by atoms with Gasteiger partial charge in [-0.3, -0.25) is 9.69 Å². The first-order valence-electron chi connectivity index (χ1n) is 8.64. The molecule has 4 rings (SSSR count). The van der Waals surface area contributed by atoms with Crippen LogP contribution in [0.2, 0.25) is 0 Å². The van der Waals surface area contributed by atoms with E-state index in [9.17, 15) is 20.1 Å². The number of benzene rings is 2. The van der Waals surface area contributed by atoms with Crippen LogP contribution < -0.4 is 5.43 Å². The van der Waals surface area contributed by atoms with Crippen LogP contribution in [0.3, 0.4) is 0 Å². The number of fused-ring (bicyclic) bond motifs is 1. The summed E-state index contributed by atoms with van der Waals surface area (Å²) in [5, 5.41) is 29.7. The van der Waals surface area contributed by atoms with Crippen LogP contribution >= 0.6 is 0 Å². The van der Waals surface area contributed by atoms with E-state index in [2.05, 4.69) is 4.90 Å². The molecule has 27 heavy (non-hydrogen) atoms. The molecule has 7 heteroatoms. The van der Waals surface area contributed by atoms with Gasteiger partial charge in [0.1, 0.15) is 5.58 Å². The van der Waals surface area contributed by atoms with E-state index < -0.39 is 11.2 Å². The maximum atomic E-state index is 12.5. The zero-order chi connectivity index (χ0) is 19.0. The summed E-state index contributed by atoms with van der Waals surface area (Å²) in [6.07, 6.45) is 0. The van der Waals surface area contributed by atoms with Crippen molar-refractivity contribution in [3.05, 3.63) is 52.2 Å². The number of hydrogen-bond acceptors (Lipinski definition) is 7. The van der Waals surface area contributed by atoms with Crippen molar-refractivity contribution in [1.82, 2.24) is 4.90 Å². The van der Waals surface area contributed by atoms with Crippen molar-refractivity contribution in [2.45, 2.75) is 6.54 Å². The molecule has 3 N–H and O–H groups in total.